The van der Waals surface area contributed by atoms with Gasteiger partial charge in [0, 0.05) is 24.5 Å². The molecule has 100 valence electrons. The van der Waals surface area contributed by atoms with Crippen LogP contribution in [0.1, 0.15) is 39.2 Å². The van der Waals surface area contributed by atoms with Crippen molar-refractivity contribution in [3.8, 4) is 0 Å². The maximum Gasteiger partial charge on any atom is 0.293 e. The zero-order valence-electron chi connectivity index (χ0n) is 11.1. The number of nitrogens with zero attached hydrogens (tertiary/aromatic N) is 2. The zero-order chi connectivity index (χ0) is 13.1. The molecule has 1 heterocycles. The fourth-order valence-electron chi connectivity index (χ4n) is 2.62. The first-order valence-electron chi connectivity index (χ1n) is 6.67. The van der Waals surface area contributed by atoms with Gasteiger partial charge < -0.3 is 15.6 Å². The van der Waals surface area contributed by atoms with Gasteiger partial charge >= 0.3 is 0 Å². The van der Waals surface area contributed by atoms with Crippen molar-refractivity contribution in [1.29, 1.82) is 0 Å². The van der Waals surface area contributed by atoms with Crippen LogP contribution in [0.5, 0.6) is 0 Å². The number of aromatic nitrogens is 2. The van der Waals surface area contributed by atoms with Crippen molar-refractivity contribution in [1.82, 2.24) is 9.55 Å². The average Bonchev–Trinajstić information content (AvgIpc) is 2.78. The topological polar surface area (TPSA) is 72.9 Å². The van der Waals surface area contributed by atoms with E-state index in [0.717, 1.165) is 12.8 Å². The van der Waals surface area contributed by atoms with Gasteiger partial charge in [-0.05, 0) is 39.2 Å². The van der Waals surface area contributed by atoms with Gasteiger partial charge in [0.1, 0.15) is 0 Å². The van der Waals surface area contributed by atoms with Crippen molar-refractivity contribution < 1.29 is 0 Å². The van der Waals surface area contributed by atoms with E-state index in [0.29, 0.717) is 24.3 Å². The first kappa shape index (κ1) is 13.1. The minimum Gasteiger partial charge on any atom is -0.362 e. The Morgan fingerprint density at radius 1 is 1.56 bits per heavy atom. The highest BCUT2D eigenvalue weighted by Crippen LogP contribution is 2.26. The van der Waals surface area contributed by atoms with Crippen LogP contribution < -0.4 is 16.6 Å². The lowest BCUT2D eigenvalue weighted by molar-refractivity contribution is 0.512. The van der Waals surface area contributed by atoms with Gasteiger partial charge in [0.25, 0.3) is 5.56 Å². The van der Waals surface area contributed by atoms with E-state index in [-0.39, 0.29) is 11.6 Å². The van der Waals surface area contributed by atoms with Gasteiger partial charge in [-0.2, -0.15) is 0 Å². The number of anilines is 1. The summed E-state index contributed by atoms with van der Waals surface area (Å²) in [5, 5.41) is 3.28. The molecule has 3 N–H and O–H groups in total. The van der Waals surface area contributed by atoms with Crippen LogP contribution in [-0.4, -0.2) is 22.1 Å². The van der Waals surface area contributed by atoms with Crippen molar-refractivity contribution in [3.05, 3.63) is 22.7 Å². The molecular formula is C13H22N4O. The Balaban J connectivity index is 2.19. The van der Waals surface area contributed by atoms with E-state index >= 15 is 0 Å². The first-order chi connectivity index (χ1) is 8.63. The molecule has 2 unspecified atom stereocenters. The molecule has 0 saturated heterocycles. The van der Waals surface area contributed by atoms with E-state index in [1.807, 2.05) is 13.8 Å². The summed E-state index contributed by atoms with van der Waals surface area (Å²) in [6.45, 7) is 4.65. The molecule has 0 radical (unpaired) electrons. The van der Waals surface area contributed by atoms with Crippen LogP contribution in [-0.2, 0) is 0 Å². The van der Waals surface area contributed by atoms with Crippen molar-refractivity contribution in [2.24, 2.45) is 11.7 Å². The minimum absolute atomic E-state index is 0.0461. The maximum absolute atomic E-state index is 12.2. The lowest BCUT2D eigenvalue weighted by atomic mass is 10.0. The lowest BCUT2D eigenvalue weighted by Gasteiger charge is -2.20. The average molecular weight is 250 g/mol. The van der Waals surface area contributed by atoms with Gasteiger partial charge in [-0.15, -0.1) is 0 Å². The smallest absolute Gasteiger partial charge is 0.293 e. The Labute approximate surface area is 107 Å². The Hall–Kier alpha value is -1.36. The highest BCUT2D eigenvalue weighted by atomic mass is 16.1. The second-order valence-corrected chi connectivity index (χ2v) is 5.26. The zero-order valence-corrected chi connectivity index (χ0v) is 11.1. The third-order valence-corrected chi connectivity index (χ3v) is 3.71. The molecule has 0 bridgehead atoms. The van der Waals surface area contributed by atoms with Crippen molar-refractivity contribution >= 4 is 5.82 Å². The Bertz CT molecular complexity index is 455. The van der Waals surface area contributed by atoms with Gasteiger partial charge in [-0.1, -0.05) is 6.42 Å². The second kappa shape index (κ2) is 5.52. The minimum atomic E-state index is -0.0461. The van der Waals surface area contributed by atoms with Crippen LogP contribution >= 0.6 is 0 Å². The van der Waals surface area contributed by atoms with E-state index in [1.165, 1.54) is 6.42 Å². The molecule has 1 aliphatic carbocycles. The molecule has 2 rings (SSSR count). The highest BCUT2D eigenvalue weighted by molar-refractivity contribution is 5.33. The summed E-state index contributed by atoms with van der Waals surface area (Å²) in [7, 11) is 0. The number of rotatable bonds is 4. The van der Waals surface area contributed by atoms with E-state index in [1.54, 1.807) is 17.0 Å². The normalized spacial score (nSPS) is 23.6. The van der Waals surface area contributed by atoms with Crippen LogP contribution in [0.25, 0.3) is 0 Å². The number of nitrogens with one attached hydrogen (secondary N) is 1. The van der Waals surface area contributed by atoms with Crippen molar-refractivity contribution in [3.63, 3.8) is 0 Å². The summed E-state index contributed by atoms with van der Waals surface area (Å²) in [5.74, 6) is 0.912. The molecule has 5 heteroatoms. The molecule has 1 fully saturated rings. The van der Waals surface area contributed by atoms with E-state index < -0.39 is 0 Å². The van der Waals surface area contributed by atoms with Crippen LogP contribution in [0.2, 0.25) is 0 Å². The van der Waals surface area contributed by atoms with Crippen LogP contribution in [0.3, 0.4) is 0 Å². The molecule has 1 aromatic rings. The van der Waals surface area contributed by atoms with Gasteiger partial charge in [-0.3, -0.25) is 4.79 Å². The molecule has 1 saturated carbocycles. The number of hydrogen-bond acceptors (Lipinski definition) is 4. The Morgan fingerprint density at radius 3 is 3.00 bits per heavy atom. The molecule has 2 atom stereocenters. The molecule has 0 aliphatic heterocycles. The Morgan fingerprint density at radius 2 is 2.33 bits per heavy atom. The van der Waals surface area contributed by atoms with E-state index in [4.69, 9.17) is 5.73 Å². The molecular weight excluding hydrogens is 228 g/mol. The van der Waals surface area contributed by atoms with E-state index in [9.17, 15) is 4.79 Å². The summed E-state index contributed by atoms with van der Waals surface area (Å²) < 4.78 is 1.70. The molecule has 1 aliphatic rings. The van der Waals surface area contributed by atoms with Gasteiger partial charge in [-0.25, -0.2) is 4.98 Å². The second-order valence-electron chi connectivity index (χ2n) is 5.26. The number of hydrogen-bond donors (Lipinski definition) is 2. The largest absolute Gasteiger partial charge is 0.362 e. The fraction of sp³-hybridized carbons (Fsp3) is 0.692. The monoisotopic (exact) mass is 250 g/mol. The standard InChI is InChI=1S/C13H22N4O/c1-9(2)17-7-6-15-12(13(17)18)16-11-5-3-4-10(11)8-14/h6-7,9-11H,3-5,8,14H2,1-2H3,(H,15,16). The Kier molecular flexibility index (Phi) is 4.01. The van der Waals surface area contributed by atoms with Crippen molar-refractivity contribution in [2.45, 2.75) is 45.2 Å². The van der Waals surface area contributed by atoms with E-state index in [2.05, 4.69) is 10.3 Å². The summed E-state index contributed by atoms with van der Waals surface area (Å²) in [6.07, 6.45) is 6.78. The predicted octanol–water partition coefficient (Wildman–Crippen LogP) is 1.36. The molecule has 18 heavy (non-hydrogen) atoms. The third-order valence-electron chi connectivity index (χ3n) is 3.71. The lowest BCUT2D eigenvalue weighted by Crippen LogP contribution is -2.34. The third kappa shape index (κ3) is 2.56. The van der Waals surface area contributed by atoms with Gasteiger partial charge in [0.15, 0.2) is 5.82 Å². The fourth-order valence-corrected chi connectivity index (χ4v) is 2.62. The summed E-state index contributed by atoms with van der Waals surface area (Å²) in [6, 6.07) is 0.438. The SMILES string of the molecule is CC(C)n1ccnc(NC2CCCC2CN)c1=O. The van der Waals surface area contributed by atoms with Crippen LogP contribution in [0.15, 0.2) is 17.2 Å². The van der Waals surface area contributed by atoms with Gasteiger partial charge in [0.05, 0.1) is 0 Å². The summed E-state index contributed by atoms with van der Waals surface area (Å²) >= 11 is 0. The molecule has 0 aromatic carbocycles. The maximum atomic E-state index is 12.2. The molecule has 0 amide bonds. The molecule has 0 spiro atoms. The summed E-state index contributed by atoms with van der Waals surface area (Å²) in [5.41, 5.74) is 5.70. The van der Waals surface area contributed by atoms with Crippen molar-refractivity contribution in [2.75, 3.05) is 11.9 Å². The quantitative estimate of drug-likeness (QED) is 0.846. The summed E-state index contributed by atoms with van der Waals surface area (Å²) in [4.78, 5) is 16.4. The highest BCUT2D eigenvalue weighted by Gasteiger charge is 2.26. The van der Waals surface area contributed by atoms with Crippen LogP contribution in [0, 0.1) is 5.92 Å². The molecule has 1 aromatic heterocycles. The van der Waals surface area contributed by atoms with Gasteiger partial charge in [0.2, 0.25) is 0 Å². The number of nitrogens with two attached hydrogens (primary N) is 1. The first-order valence-corrected chi connectivity index (χ1v) is 6.67. The molecule has 5 nitrogen and oxygen atoms in total. The predicted molar refractivity (Wildman–Crippen MR) is 72.7 cm³/mol. The van der Waals surface area contributed by atoms with Crippen LogP contribution in [0.4, 0.5) is 5.82 Å².